The predicted octanol–water partition coefficient (Wildman–Crippen LogP) is 3.27. The Kier molecular flexibility index (Phi) is 4.15. The van der Waals surface area contributed by atoms with Gasteiger partial charge in [0.05, 0.1) is 12.3 Å². The summed E-state index contributed by atoms with van der Waals surface area (Å²) in [7, 11) is 0. The van der Waals surface area contributed by atoms with Gasteiger partial charge in [-0.15, -0.1) is 0 Å². The molecule has 2 N–H and O–H groups in total. The van der Waals surface area contributed by atoms with Crippen LogP contribution in [0.25, 0.3) is 0 Å². The molecule has 0 amide bonds. The molecule has 0 bridgehead atoms. The molecule has 3 fully saturated rings. The number of likely N-dealkylation sites (tertiary alicyclic amines) is 1. The molecule has 0 radical (unpaired) electrons. The summed E-state index contributed by atoms with van der Waals surface area (Å²) in [6, 6.07) is 0.669. The van der Waals surface area contributed by atoms with Crippen LogP contribution in [0.3, 0.4) is 0 Å². The second kappa shape index (κ2) is 5.46. The van der Waals surface area contributed by atoms with Crippen LogP contribution in [0.15, 0.2) is 0 Å². The number of fused-ring (bicyclic) bond motifs is 3. The topological polar surface area (TPSA) is 27.3 Å². The van der Waals surface area contributed by atoms with Crippen LogP contribution in [0.1, 0.15) is 61.3 Å². The van der Waals surface area contributed by atoms with E-state index in [4.69, 9.17) is 0 Å². The highest BCUT2D eigenvalue weighted by atomic mass is 15.4. The predicted molar refractivity (Wildman–Crippen MR) is 93.5 cm³/mol. The maximum atomic E-state index is 3.97. The van der Waals surface area contributed by atoms with Gasteiger partial charge in [0.25, 0.3) is 0 Å². The second-order valence-electron chi connectivity index (χ2n) is 9.96. The second-order valence-corrected chi connectivity index (χ2v) is 9.96. The summed E-state index contributed by atoms with van der Waals surface area (Å²) in [5.41, 5.74) is 0.691. The van der Waals surface area contributed by atoms with Crippen molar-refractivity contribution in [3.8, 4) is 0 Å². The van der Waals surface area contributed by atoms with Crippen LogP contribution in [0, 0.1) is 28.6 Å². The Hall–Kier alpha value is -0.120. The van der Waals surface area contributed by atoms with Crippen molar-refractivity contribution in [2.45, 2.75) is 79.7 Å². The van der Waals surface area contributed by atoms with E-state index < -0.39 is 0 Å². The third-order valence-corrected chi connectivity index (χ3v) is 6.44. The fourth-order valence-electron chi connectivity index (χ4n) is 5.89. The lowest BCUT2D eigenvalue weighted by Crippen LogP contribution is -2.55. The van der Waals surface area contributed by atoms with Gasteiger partial charge in [0, 0.05) is 6.04 Å². The van der Waals surface area contributed by atoms with E-state index in [0.717, 1.165) is 24.3 Å². The number of nitrogens with one attached hydrogen (secondary N) is 2. The number of piperidine rings is 1. The maximum Gasteiger partial charge on any atom is 0.0648 e. The Morgan fingerprint density at radius 3 is 2.27 bits per heavy atom. The molecular formula is C19H37N3. The lowest BCUT2D eigenvalue weighted by atomic mass is 9.62. The highest BCUT2D eigenvalue weighted by molar-refractivity contribution is 5.13. The zero-order valence-electron chi connectivity index (χ0n) is 15.7. The van der Waals surface area contributed by atoms with Crippen LogP contribution in [0.2, 0.25) is 0 Å². The van der Waals surface area contributed by atoms with Crippen molar-refractivity contribution in [2.75, 3.05) is 13.1 Å². The summed E-state index contributed by atoms with van der Waals surface area (Å²) in [6.07, 6.45) is 3.85. The molecule has 0 saturated carbocycles. The smallest absolute Gasteiger partial charge is 0.0648 e. The van der Waals surface area contributed by atoms with Gasteiger partial charge in [-0.1, -0.05) is 48.5 Å². The number of nitrogens with zero attached hydrogens (tertiary/aromatic N) is 1. The van der Waals surface area contributed by atoms with Crippen molar-refractivity contribution < 1.29 is 0 Å². The first-order chi connectivity index (χ1) is 10.2. The minimum Gasteiger partial charge on any atom is -0.302 e. The molecule has 0 aromatic rings. The van der Waals surface area contributed by atoms with Crippen molar-refractivity contribution in [3.05, 3.63) is 0 Å². The first kappa shape index (κ1) is 16.7. The van der Waals surface area contributed by atoms with E-state index in [-0.39, 0.29) is 0 Å². The van der Waals surface area contributed by atoms with E-state index in [1.54, 1.807) is 0 Å². The number of rotatable bonds is 1. The molecular weight excluding hydrogens is 270 g/mol. The highest BCUT2D eigenvalue weighted by Gasteiger charge is 2.61. The van der Waals surface area contributed by atoms with Crippen molar-refractivity contribution >= 4 is 0 Å². The van der Waals surface area contributed by atoms with Crippen molar-refractivity contribution in [2.24, 2.45) is 28.6 Å². The Balaban J connectivity index is 2.01. The van der Waals surface area contributed by atoms with Crippen LogP contribution in [-0.2, 0) is 0 Å². The average Bonchev–Trinajstić information content (AvgIpc) is 2.90. The fraction of sp³-hybridized carbons (Fsp3) is 1.00. The molecule has 3 rings (SSSR count). The Morgan fingerprint density at radius 1 is 1.05 bits per heavy atom. The van der Waals surface area contributed by atoms with Gasteiger partial charge in [-0.25, -0.2) is 0 Å². The summed E-state index contributed by atoms with van der Waals surface area (Å²) >= 11 is 0. The van der Waals surface area contributed by atoms with Crippen LogP contribution in [0.5, 0.6) is 0 Å². The van der Waals surface area contributed by atoms with Crippen LogP contribution in [-0.4, -0.2) is 36.4 Å². The lowest BCUT2D eigenvalue weighted by Gasteiger charge is -2.46. The number of hydrogen-bond acceptors (Lipinski definition) is 3. The van der Waals surface area contributed by atoms with Gasteiger partial charge in [0.1, 0.15) is 0 Å². The van der Waals surface area contributed by atoms with E-state index in [9.17, 15) is 0 Å². The summed E-state index contributed by atoms with van der Waals surface area (Å²) in [4.78, 5) is 2.79. The molecule has 3 aliphatic heterocycles. The van der Waals surface area contributed by atoms with E-state index >= 15 is 0 Å². The van der Waals surface area contributed by atoms with Gasteiger partial charge in [0.2, 0.25) is 0 Å². The minimum atomic E-state index is 0.331. The molecule has 0 aromatic carbocycles. The minimum absolute atomic E-state index is 0.331. The zero-order valence-corrected chi connectivity index (χ0v) is 15.7. The van der Waals surface area contributed by atoms with E-state index in [1.165, 1.54) is 19.4 Å². The third-order valence-electron chi connectivity index (χ3n) is 6.44. The van der Waals surface area contributed by atoms with Crippen molar-refractivity contribution in [1.29, 1.82) is 0 Å². The Labute approximate surface area is 137 Å². The third kappa shape index (κ3) is 2.53. The molecule has 128 valence electrons. The van der Waals surface area contributed by atoms with Crippen molar-refractivity contribution in [1.82, 2.24) is 15.5 Å². The summed E-state index contributed by atoms with van der Waals surface area (Å²) in [6.45, 7) is 19.4. The normalized spacial score (nSPS) is 43.2. The largest absolute Gasteiger partial charge is 0.302 e. The van der Waals surface area contributed by atoms with Gasteiger partial charge in [0.15, 0.2) is 0 Å². The standard InChI is InChI=1S/C19H37N3/c1-8-22-15(19(5,6)7)14(18(2,3)4)13-12-10-9-11-20-16(12)21-17(13)22/h12-17,20-21H,8-11H2,1-7H3. The average molecular weight is 308 g/mol. The summed E-state index contributed by atoms with van der Waals surface area (Å²) in [5.74, 6) is 2.37. The molecule has 0 aromatic heterocycles. The first-order valence-electron chi connectivity index (χ1n) is 9.41. The first-order valence-corrected chi connectivity index (χ1v) is 9.41. The van der Waals surface area contributed by atoms with E-state index in [1.807, 2.05) is 0 Å². The van der Waals surface area contributed by atoms with E-state index in [0.29, 0.717) is 29.2 Å². The Bertz CT molecular complexity index is 406. The molecule has 0 aliphatic carbocycles. The quantitative estimate of drug-likeness (QED) is 0.778. The molecule has 3 aliphatic rings. The van der Waals surface area contributed by atoms with Gasteiger partial charge in [-0.05, 0) is 54.5 Å². The van der Waals surface area contributed by atoms with Gasteiger partial charge >= 0.3 is 0 Å². The van der Waals surface area contributed by atoms with Crippen LogP contribution in [0.4, 0.5) is 0 Å². The molecule has 0 spiro atoms. The monoisotopic (exact) mass is 307 g/mol. The number of hydrogen-bond donors (Lipinski definition) is 2. The van der Waals surface area contributed by atoms with E-state index in [2.05, 4.69) is 64.0 Å². The molecule has 22 heavy (non-hydrogen) atoms. The van der Waals surface area contributed by atoms with Gasteiger partial charge < -0.3 is 5.32 Å². The zero-order chi connectivity index (χ0) is 16.3. The molecule has 6 atom stereocenters. The van der Waals surface area contributed by atoms with Gasteiger partial charge in [-0.2, -0.15) is 0 Å². The molecule has 3 heterocycles. The van der Waals surface area contributed by atoms with Crippen molar-refractivity contribution in [3.63, 3.8) is 0 Å². The molecule has 3 heteroatoms. The Morgan fingerprint density at radius 2 is 1.73 bits per heavy atom. The summed E-state index contributed by atoms with van der Waals surface area (Å²) in [5, 5.41) is 7.72. The maximum absolute atomic E-state index is 3.97. The SMILES string of the molecule is CCN1C2NC3NCCCC3C2C(C(C)(C)C)C1C(C)(C)C. The molecule has 6 unspecified atom stereocenters. The van der Waals surface area contributed by atoms with Gasteiger partial charge in [-0.3, -0.25) is 10.2 Å². The molecule has 3 saturated heterocycles. The fourth-order valence-corrected chi connectivity index (χ4v) is 5.89. The molecule has 3 nitrogen and oxygen atoms in total. The summed E-state index contributed by atoms with van der Waals surface area (Å²) < 4.78 is 0. The highest BCUT2D eigenvalue weighted by Crippen LogP contribution is 2.56. The van der Waals surface area contributed by atoms with Crippen LogP contribution >= 0.6 is 0 Å². The van der Waals surface area contributed by atoms with Crippen LogP contribution < -0.4 is 10.6 Å². The lowest BCUT2D eigenvalue weighted by molar-refractivity contribution is 0.0308.